The third-order valence-electron chi connectivity index (χ3n) is 5.56. The average Bonchev–Trinajstić information content (AvgIpc) is 3.52. The van der Waals surface area contributed by atoms with Crippen LogP contribution >= 0.6 is 0 Å². The highest BCUT2D eigenvalue weighted by Crippen LogP contribution is 2.44. The highest BCUT2D eigenvalue weighted by Gasteiger charge is 2.54. The monoisotopic (exact) mass is 366 g/mol. The van der Waals surface area contributed by atoms with Gasteiger partial charge in [-0.25, -0.2) is 0 Å². The molecule has 0 aliphatic heterocycles. The summed E-state index contributed by atoms with van der Waals surface area (Å²) in [6.07, 6.45) is 3.34. The summed E-state index contributed by atoms with van der Waals surface area (Å²) in [7, 11) is 0. The van der Waals surface area contributed by atoms with Crippen molar-refractivity contribution in [2.75, 3.05) is 0 Å². The van der Waals surface area contributed by atoms with Crippen molar-refractivity contribution < 1.29 is 9.90 Å². The lowest BCUT2D eigenvalue weighted by Gasteiger charge is -2.42. The Kier molecular flexibility index (Phi) is 6.30. The van der Waals surface area contributed by atoms with E-state index in [1.165, 1.54) is 0 Å². The molecule has 0 bridgehead atoms. The first-order valence-corrected chi connectivity index (χ1v) is 9.89. The molecule has 0 aromatic heterocycles. The summed E-state index contributed by atoms with van der Waals surface area (Å²) in [6, 6.07) is 20.1. The second kappa shape index (κ2) is 8.68. The molecule has 2 aromatic rings. The van der Waals surface area contributed by atoms with Gasteiger partial charge in [-0.1, -0.05) is 74.0 Å². The third kappa shape index (κ3) is 4.57. The van der Waals surface area contributed by atoms with Crippen molar-refractivity contribution in [2.24, 2.45) is 11.7 Å². The fourth-order valence-corrected chi connectivity index (χ4v) is 4.03. The van der Waals surface area contributed by atoms with Gasteiger partial charge in [0.15, 0.2) is 5.60 Å². The molecule has 0 heterocycles. The van der Waals surface area contributed by atoms with Crippen LogP contribution in [0.4, 0.5) is 0 Å². The van der Waals surface area contributed by atoms with Gasteiger partial charge < -0.3 is 10.8 Å². The Bertz CT molecular complexity index is 689. The molecule has 0 saturated heterocycles. The summed E-state index contributed by atoms with van der Waals surface area (Å²) in [5, 5.41) is 11.4. The topological polar surface area (TPSA) is 66.6 Å². The molecule has 2 atom stereocenters. The highest BCUT2D eigenvalue weighted by atomic mass is 16.3. The molecule has 4 heteroatoms. The Morgan fingerprint density at radius 2 is 1.56 bits per heavy atom. The minimum Gasteiger partial charge on any atom is -0.378 e. The number of hydrogen-bond acceptors (Lipinski definition) is 3. The van der Waals surface area contributed by atoms with Crippen molar-refractivity contribution in [3.8, 4) is 0 Å². The maximum absolute atomic E-state index is 12.4. The van der Waals surface area contributed by atoms with Gasteiger partial charge in [-0.2, -0.15) is 0 Å². The van der Waals surface area contributed by atoms with Gasteiger partial charge in [-0.05, 0) is 36.3 Å². The minimum atomic E-state index is -1.47. The van der Waals surface area contributed by atoms with Crippen molar-refractivity contribution in [1.29, 1.82) is 0 Å². The molecular formula is C23H30N2O2. The van der Waals surface area contributed by atoms with E-state index in [0.29, 0.717) is 13.1 Å². The smallest absolute Gasteiger partial charge is 0.251 e. The van der Waals surface area contributed by atoms with E-state index in [1.807, 2.05) is 36.4 Å². The lowest BCUT2D eigenvalue weighted by Crippen LogP contribution is -2.60. The maximum atomic E-state index is 12.4. The molecule has 144 valence electrons. The van der Waals surface area contributed by atoms with Crippen LogP contribution < -0.4 is 5.73 Å². The lowest BCUT2D eigenvalue weighted by molar-refractivity contribution is -0.149. The van der Waals surface area contributed by atoms with Gasteiger partial charge in [0.05, 0.1) is 0 Å². The predicted octanol–water partition coefficient (Wildman–Crippen LogP) is 3.48. The quantitative estimate of drug-likeness (QED) is 0.676. The van der Waals surface area contributed by atoms with E-state index < -0.39 is 11.5 Å². The third-order valence-corrected chi connectivity index (χ3v) is 5.56. The van der Waals surface area contributed by atoms with E-state index >= 15 is 0 Å². The molecule has 1 aliphatic rings. The number of rotatable bonds is 10. The Labute approximate surface area is 162 Å². The fourth-order valence-electron chi connectivity index (χ4n) is 4.03. The van der Waals surface area contributed by atoms with Crippen molar-refractivity contribution in [3.05, 3.63) is 71.8 Å². The Hall–Kier alpha value is -2.17. The molecule has 4 nitrogen and oxygen atoms in total. The van der Waals surface area contributed by atoms with Crippen LogP contribution in [0, 0.1) is 5.92 Å². The van der Waals surface area contributed by atoms with Gasteiger partial charge in [-0.3, -0.25) is 9.69 Å². The number of carbonyl (C=O) groups is 1. The van der Waals surface area contributed by atoms with E-state index in [-0.39, 0.29) is 12.0 Å². The first kappa shape index (κ1) is 19.6. The largest absolute Gasteiger partial charge is 0.378 e. The minimum absolute atomic E-state index is 0.0272. The molecule has 2 unspecified atom stereocenters. The van der Waals surface area contributed by atoms with Gasteiger partial charge in [-0.15, -0.1) is 0 Å². The second-order valence-corrected chi connectivity index (χ2v) is 7.64. The van der Waals surface area contributed by atoms with Gasteiger partial charge >= 0.3 is 0 Å². The molecule has 27 heavy (non-hydrogen) atoms. The highest BCUT2D eigenvalue weighted by molar-refractivity contribution is 5.85. The van der Waals surface area contributed by atoms with Gasteiger partial charge in [0.25, 0.3) is 5.91 Å². The first-order valence-electron chi connectivity index (χ1n) is 9.89. The number of nitrogens with two attached hydrogens (primary N) is 1. The second-order valence-electron chi connectivity index (χ2n) is 7.64. The summed E-state index contributed by atoms with van der Waals surface area (Å²) in [4.78, 5) is 14.6. The molecule has 3 rings (SSSR count). The zero-order valence-corrected chi connectivity index (χ0v) is 16.1. The van der Waals surface area contributed by atoms with Crippen LogP contribution in [-0.2, 0) is 17.9 Å². The van der Waals surface area contributed by atoms with E-state index in [0.717, 1.165) is 36.8 Å². The molecule has 1 fully saturated rings. The number of hydrogen-bond donors (Lipinski definition) is 2. The van der Waals surface area contributed by atoms with Crippen molar-refractivity contribution in [3.63, 3.8) is 0 Å². The van der Waals surface area contributed by atoms with Crippen molar-refractivity contribution in [1.82, 2.24) is 4.90 Å². The van der Waals surface area contributed by atoms with Crippen LogP contribution in [0.1, 0.15) is 43.7 Å². The summed E-state index contributed by atoms with van der Waals surface area (Å²) >= 11 is 0. The van der Waals surface area contributed by atoms with Gasteiger partial charge in [0, 0.05) is 19.1 Å². The molecule has 0 spiro atoms. The summed E-state index contributed by atoms with van der Waals surface area (Å²) in [6.45, 7) is 3.43. The number of nitrogens with zero attached hydrogens (tertiary/aromatic N) is 1. The number of primary amides is 1. The number of benzene rings is 2. The molecule has 3 N–H and O–H groups in total. The fraction of sp³-hybridized carbons (Fsp3) is 0.435. The zero-order chi connectivity index (χ0) is 19.3. The van der Waals surface area contributed by atoms with Crippen LogP contribution in [0.3, 0.4) is 0 Å². The number of aliphatic hydroxyl groups is 1. The number of amides is 1. The molecule has 1 amide bonds. The lowest BCUT2D eigenvalue weighted by atomic mass is 9.83. The van der Waals surface area contributed by atoms with Crippen LogP contribution in [-0.4, -0.2) is 27.6 Å². The van der Waals surface area contributed by atoms with E-state index in [2.05, 4.69) is 36.1 Å². The zero-order valence-electron chi connectivity index (χ0n) is 16.1. The SMILES string of the molecule is CCCC(N(Cc1ccccc1)Cc1ccccc1)C(O)(C(N)=O)C1CC1. The van der Waals surface area contributed by atoms with E-state index in [1.54, 1.807) is 0 Å². The first-order chi connectivity index (χ1) is 13.1. The van der Waals surface area contributed by atoms with Gasteiger partial charge in [0.1, 0.15) is 0 Å². The van der Waals surface area contributed by atoms with Crippen LogP contribution in [0.25, 0.3) is 0 Å². The Morgan fingerprint density at radius 3 is 1.93 bits per heavy atom. The summed E-state index contributed by atoms with van der Waals surface area (Å²) in [5.41, 5.74) is 6.61. The Morgan fingerprint density at radius 1 is 1.07 bits per heavy atom. The van der Waals surface area contributed by atoms with E-state index in [4.69, 9.17) is 5.73 Å². The standard InChI is InChI=1S/C23H30N2O2/c1-2-9-21(23(27,22(24)26)20-14-15-20)25(16-18-10-5-3-6-11-18)17-19-12-7-4-8-13-19/h3-8,10-13,20-21,27H,2,9,14-17H2,1H3,(H2,24,26). The Balaban J connectivity index is 1.95. The molecule has 2 aromatic carbocycles. The summed E-state index contributed by atoms with van der Waals surface area (Å²) in [5.74, 6) is -0.616. The van der Waals surface area contributed by atoms with Crippen LogP contribution in [0.2, 0.25) is 0 Å². The van der Waals surface area contributed by atoms with Gasteiger partial charge in [0.2, 0.25) is 0 Å². The molecule has 0 radical (unpaired) electrons. The summed E-state index contributed by atoms with van der Waals surface area (Å²) < 4.78 is 0. The van der Waals surface area contributed by atoms with E-state index in [9.17, 15) is 9.90 Å². The van der Waals surface area contributed by atoms with Crippen LogP contribution in [0.15, 0.2) is 60.7 Å². The molecule has 1 saturated carbocycles. The maximum Gasteiger partial charge on any atom is 0.251 e. The predicted molar refractivity (Wildman–Crippen MR) is 108 cm³/mol. The van der Waals surface area contributed by atoms with Crippen molar-refractivity contribution in [2.45, 2.75) is 57.3 Å². The normalized spacial score (nSPS) is 17.4. The molecule has 1 aliphatic carbocycles. The molecular weight excluding hydrogens is 336 g/mol. The van der Waals surface area contributed by atoms with Crippen molar-refractivity contribution >= 4 is 5.91 Å². The van der Waals surface area contributed by atoms with Crippen LogP contribution in [0.5, 0.6) is 0 Å². The number of carbonyl (C=O) groups excluding carboxylic acids is 1. The average molecular weight is 367 g/mol.